The van der Waals surface area contributed by atoms with E-state index in [1.807, 2.05) is 42.6 Å². The van der Waals surface area contributed by atoms with Crippen LogP contribution in [0.5, 0.6) is 0 Å². The molecule has 120 valence electrons. The minimum absolute atomic E-state index is 0.0181. The van der Waals surface area contributed by atoms with Gasteiger partial charge < -0.3 is 4.74 Å². The molecule has 0 unspecified atom stereocenters. The van der Waals surface area contributed by atoms with Gasteiger partial charge in [-0.25, -0.2) is 9.78 Å². The summed E-state index contributed by atoms with van der Waals surface area (Å²) in [4.78, 5) is 29.8. The number of hydrogen-bond acceptors (Lipinski definition) is 6. The molecule has 0 N–H and O–H groups in total. The second kappa shape index (κ2) is 5.85. The molecule has 7 heteroatoms. The predicted molar refractivity (Wildman–Crippen MR) is 95.0 cm³/mol. The first-order chi connectivity index (χ1) is 11.6. The maximum atomic E-state index is 12.2. The van der Waals surface area contributed by atoms with Crippen LogP contribution in [0, 0.1) is 6.92 Å². The number of nitrogens with zero attached hydrogens (tertiary/aromatic N) is 2. The van der Waals surface area contributed by atoms with Crippen molar-refractivity contribution < 1.29 is 9.53 Å². The standard InChI is InChI=1S/C17H12N2O3S2/c1-10-9-23-17-18-12(7-15(20)19(10)17)8-22-16(21)14-6-11-4-2-3-5-13(11)24-14/h2-7,9H,8H2,1H3. The summed E-state index contributed by atoms with van der Waals surface area (Å²) in [6.45, 7) is 1.84. The Hall–Kier alpha value is -2.51. The quantitative estimate of drug-likeness (QED) is 0.526. The van der Waals surface area contributed by atoms with E-state index in [9.17, 15) is 9.59 Å². The first kappa shape index (κ1) is 15.0. The predicted octanol–water partition coefficient (Wildman–Crippen LogP) is 3.64. The molecule has 24 heavy (non-hydrogen) atoms. The van der Waals surface area contributed by atoms with E-state index in [1.165, 1.54) is 28.7 Å². The van der Waals surface area contributed by atoms with Gasteiger partial charge in [-0.15, -0.1) is 22.7 Å². The molecule has 0 atom stereocenters. The first-order valence-corrected chi connectivity index (χ1v) is 8.94. The first-order valence-electron chi connectivity index (χ1n) is 7.24. The topological polar surface area (TPSA) is 60.7 Å². The number of aryl methyl sites for hydroxylation is 1. The Morgan fingerprint density at radius 3 is 2.96 bits per heavy atom. The van der Waals surface area contributed by atoms with Gasteiger partial charge in [-0.2, -0.15) is 0 Å². The van der Waals surface area contributed by atoms with Gasteiger partial charge >= 0.3 is 5.97 Å². The van der Waals surface area contributed by atoms with Crippen LogP contribution in [0.1, 0.15) is 21.1 Å². The van der Waals surface area contributed by atoms with Gasteiger partial charge in [0.25, 0.3) is 5.56 Å². The van der Waals surface area contributed by atoms with Crippen molar-refractivity contribution in [1.29, 1.82) is 0 Å². The van der Waals surface area contributed by atoms with Crippen LogP contribution in [0.3, 0.4) is 0 Å². The van der Waals surface area contributed by atoms with E-state index in [2.05, 4.69) is 4.98 Å². The summed E-state index contributed by atoms with van der Waals surface area (Å²) in [6.07, 6.45) is 0. The molecule has 1 aromatic carbocycles. The van der Waals surface area contributed by atoms with Crippen LogP contribution in [0.2, 0.25) is 0 Å². The molecule has 0 amide bonds. The zero-order valence-electron chi connectivity index (χ0n) is 12.7. The van der Waals surface area contributed by atoms with Crippen molar-refractivity contribution in [1.82, 2.24) is 9.38 Å². The van der Waals surface area contributed by atoms with E-state index in [1.54, 1.807) is 4.40 Å². The minimum atomic E-state index is -0.402. The van der Waals surface area contributed by atoms with Gasteiger partial charge in [0, 0.05) is 21.8 Å². The Morgan fingerprint density at radius 1 is 1.29 bits per heavy atom. The number of thiazole rings is 1. The Balaban J connectivity index is 1.56. The van der Waals surface area contributed by atoms with E-state index in [0.717, 1.165) is 15.8 Å². The average molecular weight is 356 g/mol. The lowest BCUT2D eigenvalue weighted by Crippen LogP contribution is -2.16. The Labute approximate surface area is 144 Å². The molecule has 0 aliphatic carbocycles. The molecule has 0 saturated carbocycles. The van der Waals surface area contributed by atoms with Crippen LogP contribution in [0.4, 0.5) is 0 Å². The minimum Gasteiger partial charge on any atom is -0.455 e. The van der Waals surface area contributed by atoms with Crippen molar-refractivity contribution in [3.8, 4) is 0 Å². The number of carbonyl (C=O) groups is 1. The molecule has 5 nitrogen and oxygen atoms in total. The van der Waals surface area contributed by atoms with Gasteiger partial charge in [-0.1, -0.05) is 18.2 Å². The van der Waals surface area contributed by atoms with Crippen molar-refractivity contribution in [3.63, 3.8) is 0 Å². The second-order valence-corrected chi connectivity index (χ2v) is 7.23. The molecule has 3 heterocycles. The van der Waals surface area contributed by atoms with Crippen LogP contribution >= 0.6 is 22.7 Å². The third-order valence-electron chi connectivity index (χ3n) is 3.61. The van der Waals surface area contributed by atoms with E-state index < -0.39 is 5.97 Å². The maximum Gasteiger partial charge on any atom is 0.348 e. The summed E-state index contributed by atoms with van der Waals surface area (Å²) in [5, 5.41) is 2.89. The smallest absolute Gasteiger partial charge is 0.348 e. The van der Waals surface area contributed by atoms with Crippen LogP contribution in [0.25, 0.3) is 15.0 Å². The number of carbonyl (C=O) groups excluding carboxylic acids is 1. The molecule has 0 aliphatic rings. The number of fused-ring (bicyclic) bond motifs is 2. The normalized spacial score (nSPS) is 11.2. The second-order valence-electron chi connectivity index (χ2n) is 5.31. The van der Waals surface area contributed by atoms with Crippen LogP contribution in [-0.4, -0.2) is 15.4 Å². The fourth-order valence-corrected chi connectivity index (χ4v) is 4.32. The lowest BCUT2D eigenvalue weighted by Gasteiger charge is -2.03. The van der Waals surface area contributed by atoms with Crippen molar-refractivity contribution in [2.75, 3.05) is 0 Å². The van der Waals surface area contributed by atoms with E-state index in [0.29, 0.717) is 15.5 Å². The van der Waals surface area contributed by atoms with Gasteiger partial charge in [0.1, 0.15) is 11.5 Å². The molecule has 0 bridgehead atoms. The molecule has 4 aromatic rings. The third kappa shape index (κ3) is 2.61. The highest BCUT2D eigenvalue weighted by Crippen LogP contribution is 2.26. The molecule has 0 aliphatic heterocycles. The maximum absolute atomic E-state index is 12.2. The zero-order valence-corrected chi connectivity index (χ0v) is 14.3. The van der Waals surface area contributed by atoms with Crippen molar-refractivity contribution in [2.45, 2.75) is 13.5 Å². The Morgan fingerprint density at radius 2 is 2.12 bits per heavy atom. The summed E-state index contributed by atoms with van der Waals surface area (Å²) in [5.41, 5.74) is 1.14. The van der Waals surface area contributed by atoms with Gasteiger partial charge in [-0.05, 0) is 24.4 Å². The third-order valence-corrected chi connectivity index (χ3v) is 5.65. The largest absolute Gasteiger partial charge is 0.455 e. The van der Waals surface area contributed by atoms with Crippen LogP contribution < -0.4 is 5.56 Å². The molecular formula is C17H12N2O3S2. The number of benzene rings is 1. The van der Waals surface area contributed by atoms with Gasteiger partial charge in [0.05, 0.1) is 5.69 Å². The summed E-state index contributed by atoms with van der Waals surface area (Å²) in [7, 11) is 0. The van der Waals surface area contributed by atoms with Gasteiger partial charge in [-0.3, -0.25) is 9.20 Å². The number of esters is 1. The van der Waals surface area contributed by atoms with E-state index in [4.69, 9.17) is 4.74 Å². The number of thiophene rings is 1. The number of hydrogen-bond donors (Lipinski definition) is 0. The SMILES string of the molecule is Cc1csc2nc(COC(=O)c3cc4ccccc4s3)cc(=O)n12. The highest BCUT2D eigenvalue weighted by molar-refractivity contribution is 7.20. The fourth-order valence-electron chi connectivity index (χ4n) is 2.47. The Kier molecular flexibility index (Phi) is 3.66. The monoisotopic (exact) mass is 356 g/mol. The molecule has 4 rings (SSSR count). The van der Waals surface area contributed by atoms with E-state index in [-0.39, 0.29) is 12.2 Å². The highest BCUT2D eigenvalue weighted by atomic mass is 32.1. The molecule has 0 fully saturated rings. The fraction of sp³-hybridized carbons (Fsp3) is 0.118. The lowest BCUT2D eigenvalue weighted by atomic mass is 10.2. The van der Waals surface area contributed by atoms with Crippen LogP contribution in [-0.2, 0) is 11.3 Å². The molecule has 3 aromatic heterocycles. The highest BCUT2D eigenvalue weighted by Gasteiger charge is 2.13. The number of ether oxygens (including phenoxy) is 1. The van der Waals surface area contributed by atoms with Crippen molar-refractivity contribution >= 4 is 43.7 Å². The summed E-state index contributed by atoms with van der Waals surface area (Å²) < 4.78 is 7.90. The summed E-state index contributed by atoms with van der Waals surface area (Å²) in [5.74, 6) is -0.402. The summed E-state index contributed by atoms with van der Waals surface area (Å²) >= 11 is 2.78. The van der Waals surface area contributed by atoms with Crippen LogP contribution in [0.15, 0.2) is 46.6 Å². The molecule has 0 saturated heterocycles. The Bertz CT molecular complexity index is 1090. The van der Waals surface area contributed by atoms with Crippen molar-refractivity contribution in [3.05, 3.63) is 68.4 Å². The zero-order chi connectivity index (χ0) is 16.7. The van der Waals surface area contributed by atoms with Gasteiger partial charge in [0.15, 0.2) is 4.96 Å². The van der Waals surface area contributed by atoms with E-state index >= 15 is 0 Å². The average Bonchev–Trinajstić information content (AvgIpc) is 3.16. The van der Waals surface area contributed by atoms with Crippen molar-refractivity contribution in [2.24, 2.45) is 0 Å². The number of aromatic nitrogens is 2. The molecular weight excluding hydrogens is 344 g/mol. The number of rotatable bonds is 3. The lowest BCUT2D eigenvalue weighted by molar-refractivity contribution is 0.0473. The van der Waals surface area contributed by atoms with Gasteiger partial charge in [0.2, 0.25) is 0 Å². The molecule has 0 spiro atoms. The summed E-state index contributed by atoms with van der Waals surface area (Å²) in [6, 6.07) is 11.0. The molecule has 0 radical (unpaired) electrons.